The van der Waals surface area contributed by atoms with Crippen molar-refractivity contribution in [3.63, 3.8) is 0 Å². The first-order chi connectivity index (χ1) is 7.99. The predicted octanol–water partition coefficient (Wildman–Crippen LogP) is 6.37. The summed E-state index contributed by atoms with van der Waals surface area (Å²) in [5.74, 6) is 0. The fraction of sp³-hybridized carbons (Fsp3) is 0.231. The maximum absolute atomic E-state index is 3.77. The molecule has 4 heteroatoms. The third-order valence-corrected chi connectivity index (χ3v) is 7.02. The number of hydrogen-bond donors (Lipinski definition) is 0. The van der Waals surface area contributed by atoms with E-state index in [-0.39, 0.29) is 4.83 Å². The van der Waals surface area contributed by atoms with Gasteiger partial charge in [0.05, 0.1) is 4.83 Å². The normalized spacial score (nSPS) is 12.8. The summed E-state index contributed by atoms with van der Waals surface area (Å²) in [5.41, 5.74) is 2.55. The molecule has 17 heavy (non-hydrogen) atoms. The minimum Gasteiger partial charge on any atom is -0.143 e. The van der Waals surface area contributed by atoms with Crippen molar-refractivity contribution in [2.45, 2.75) is 18.7 Å². The second-order valence-corrected chi connectivity index (χ2v) is 7.84. The van der Waals surface area contributed by atoms with Crippen LogP contribution in [0, 0.1) is 13.8 Å². The summed E-state index contributed by atoms with van der Waals surface area (Å²) in [6.45, 7) is 4.24. The third-order valence-electron chi connectivity index (χ3n) is 2.60. The Hall–Kier alpha value is 0.360. The lowest BCUT2D eigenvalue weighted by Crippen LogP contribution is -1.90. The van der Waals surface area contributed by atoms with Crippen molar-refractivity contribution < 1.29 is 0 Å². The van der Waals surface area contributed by atoms with Gasteiger partial charge in [0.15, 0.2) is 0 Å². The van der Waals surface area contributed by atoms with Crippen molar-refractivity contribution in [3.05, 3.63) is 54.1 Å². The SMILES string of the molecule is Cc1cc(C(Br)c2cc(Br)c(C)s2)ccc1Br. The summed E-state index contributed by atoms with van der Waals surface area (Å²) >= 11 is 12.7. The first-order valence-electron chi connectivity index (χ1n) is 5.15. The molecule has 0 aliphatic heterocycles. The number of thiophene rings is 1. The Kier molecular flexibility index (Phi) is 4.50. The van der Waals surface area contributed by atoms with Gasteiger partial charge in [0.25, 0.3) is 0 Å². The topological polar surface area (TPSA) is 0 Å². The molecule has 0 fully saturated rings. The van der Waals surface area contributed by atoms with Crippen LogP contribution in [0.15, 0.2) is 33.2 Å². The quantitative estimate of drug-likeness (QED) is 0.477. The summed E-state index contributed by atoms with van der Waals surface area (Å²) in [7, 11) is 0. The van der Waals surface area contributed by atoms with Gasteiger partial charge in [-0.15, -0.1) is 11.3 Å². The highest BCUT2D eigenvalue weighted by molar-refractivity contribution is 9.11. The van der Waals surface area contributed by atoms with E-state index in [1.54, 1.807) is 0 Å². The number of benzene rings is 1. The molecule has 90 valence electrons. The molecule has 2 aromatic rings. The molecule has 1 unspecified atom stereocenters. The van der Waals surface area contributed by atoms with Gasteiger partial charge in [0, 0.05) is 18.7 Å². The number of hydrogen-bond acceptors (Lipinski definition) is 1. The second-order valence-electron chi connectivity index (χ2n) is 3.92. The summed E-state index contributed by atoms with van der Waals surface area (Å²) in [5, 5.41) is 0. The van der Waals surface area contributed by atoms with Crippen molar-refractivity contribution in [1.29, 1.82) is 0 Å². The van der Waals surface area contributed by atoms with Crippen molar-refractivity contribution in [1.82, 2.24) is 0 Å². The molecule has 0 radical (unpaired) electrons. The van der Waals surface area contributed by atoms with Crippen LogP contribution in [-0.4, -0.2) is 0 Å². The minimum absolute atomic E-state index is 0.268. The molecule has 0 bridgehead atoms. The maximum Gasteiger partial charge on any atom is 0.0738 e. The van der Waals surface area contributed by atoms with E-state index in [1.807, 2.05) is 11.3 Å². The van der Waals surface area contributed by atoms with Gasteiger partial charge in [-0.1, -0.05) is 44.0 Å². The standard InChI is InChI=1S/C13H11Br3S/c1-7-5-9(3-4-10(7)14)13(16)12-6-11(15)8(2)17-12/h3-6,13H,1-2H3. The molecule has 0 spiro atoms. The number of halogens is 3. The van der Waals surface area contributed by atoms with Crippen LogP contribution < -0.4 is 0 Å². The van der Waals surface area contributed by atoms with Gasteiger partial charge in [-0.3, -0.25) is 0 Å². The van der Waals surface area contributed by atoms with Gasteiger partial charge in [0.1, 0.15) is 0 Å². The molecule has 0 aliphatic carbocycles. The zero-order valence-corrected chi connectivity index (χ0v) is 15.0. The van der Waals surface area contributed by atoms with E-state index in [1.165, 1.54) is 25.4 Å². The molecule has 0 amide bonds. The van der Waals surface area contributed by atoms with Crippen molar-refractivity contribution >= 4 is 59.1 Å². The molecule has 0 saturated carbocycles. The Morgan fingerprint density at radius 1 is 1.06 bits per heavy atom. The first kappa shape index (κ1) is 13.8. The molecule has 0 saturated heterocycles. The van der Waals surface area contributed by atoms with Crippen LogP contribution in [0.3, 0.4) is 0 Å². The van der Waals surface area contributed by atoms with Crippen LogP contribution in [0.25, 0.3) is 0 Å². The van der Waals surface area contributed by atoms with Crippen molar-refractivity contribution in [2.24, 2.45) is 0 Å². The zero-order chi connectivity index (χ0) is 12.6. The lowest BCUT2D eigenvalue weighted by atomic mass is 10.1. The van der Waals surface area contributed by atoms with E-state index in [2.05, 4.69) is 85.9 Å². The van der Waals surface area contributed by atoms with Crippen LogP contribution in [-0.2, 0) is 0 Å². The molecule has 1 aromatic heterocycles. The fourth-order valence-electron chi connectivity index (χ4n) is 1.60. The second kappa shape index (κ2) is 5.55. The highest BCUT2D eigenvalue weighted by Gasteiger charge is 2.14. The van der Waals surface area contributed by atoms with E-state index in [0.29, 0.717) is 0 Å². The average Bonchev–Trinajstić information content (AvgIpc) is 2.62. The van der Waals surface area contributed by atoms with Gasteiger partial charge in [-0.2, -0.15) is 0 Å². The molecule has 2 rings (SSSR count). The smallest absolute Gasteiger partial charge is 0.0738 e. The molecule has 0 N–H and O–H groups in total. The van der Waals surface area contributed by atoms with Gasteiger partial charge in [-0.25, -0.2) is 0 Å². The molecular weight excluding hydrogens is 428 g/mol. The summed E-state index contributed by atoms with van der Waals surface area (Å²) < 4.78 is 2.35. The summed E-state index contributed by atoms with van der Waals surface area (Å²) in [6.07, 6.45) is 0. The lowest BCUT2D eigenvalue weighted by molar-refractivity contribution is 1.20. The van der Waals surface area contributed by atoms with E-state index < -0.39 is 0 Å². The Bertz CT molecular complexity index is 526. The molecule has 1 aromatic carbocycles. The fourth-order valence-corrected chi connectivity index (χ4v) is 4.11. The third kappa shape index (κ3) is 3.03. The highest BCUT2D eigenvalue weighted by Crippen LogP contribution is 2.39. The molecule has 1 heterocycles. The zero-order valence-electron chi connectivity index (χ0n) is 9.43. The van der Waals surface area contributed by atoms with Crippen LogP contribution in [0.4, 0.5) is 0 Å². The number of alkyl halides is 1. The Morgan fingerprint density at radius 2 is 1.76 bits per heavy atom. The van der Waals surface area contributed by atoms with Crippen LogP contribution >= 0.6 is 59.1 Å². The molecule has 1 atom stereocenters. The molecule has 0 nitrogen and oxygen atoms in total. The van der Waals surface area contributed by atoms with E-state index in [4.69, 9.17) is 0 Å². The monoisotopic (exact) mass is 436 g/mol. The van der Waals surface area contributed by atoms with Gasteiger partial charge < -0.3 is 0 Å². The highest BCUT2D eigenvalue weighted by atomic mass is 79.9. The average molecular weight is 439 g/mol. The maximum atomic E-state index is 3.77. The lowest BCUT2D eigenvalue weighted by Gasteiger charge is -2.09. The van der Waals surface area contributed by atoms with Crippen molar-refractivity contribution in [2.75, 3.05) is 0 Å². The van der Waals surface area contributed by atoms with Crippen LogP contribution in [0.5, 0.6) is 0 Å². The van der Waals surface area contributed by atoms with Gasteiger partial charge >= 0.3 is 0 Å². The van der Waals surface area contributed by atoms with Gasteiger partial charge in [-0.05, 0) is 53.0 Å². The minimum atomic E-state index is 0.268. The predicted molar refractivity (Wildman–Crippen MR) is 86.4 cm³/mol. The molecule has 0 aliphatic rings. The molecular formula is C13H11Br3S. The largest absolute Gasteiger partial charge is 0.143 e. The van der Waals surface area contributed by atoms with Crippen LogP contribution in [0.2, 0.25) is 0 Å². The number of aryl methyl sites for hydroxylation is 2. The van der Waals surface area contributed by atoms with Crippen LogP contribution in [0.1, 0.15) is 25.7 Å². The number of rotatable bonds is 2. The Labute approximate surface area is 131 Å². The Balaban J connectivity index is 2.36. The first-order valence-corrected chi connectivity index (χ1v) is 8.47. The summed E-state index contributed by atoms with van der Waals surface area (Å²) in [4.78, 5) is 2.92. The van der Waals surface area contributed by atoms with Crippen molar-refractivity contribution in [3.8, 4) is 0 Å². The van der Waals surface area contributed by atoms with E-state index >= 15 is 0 Å². The van der Waals surface area contributed by atoms with E-state index in [0.717, 1.165) is 4.47 Å². The Morgan fingerprint density at radius 3 is 2.29 bits per heavy atom. The summed E-state index contributed by atoms with van der Waals surface area (Å²) in [6, 6.07) is 8.66. The van der Waals surface area contributed by atoms with E-state index in [9.17, 15) is 0 Å². The van der Waals surface area contributed by atoms with Gasteiger partial charge in [0.2, 0.25) is 0 Å².